The molecule has 1 aromatic rings. The summed E-state index contributed by atoms with van der Waals surface area (Å²) in [6.07, 6.45) is -0.765. The van der Waals surface area contributed by atoms with E-state index in [1.807, 2.05) is 0 Å². The Hall–Kier alpha value is -2.23. The number of alkyl halides is 3. The highest BCUT2D eigenvalue weighted by Gasteiger charge is 2.35. The first-order chi connectivity index (χ1) is 10.9. The van der Waals surface area contributed by atoms with E-state index in [-0.39, 0.29) is 0 Å². The molecule has 0 radical (unpaired) electrons. The number of halogens is 3. The summed E-state index contributed by atoms with van der Waals surface area (Å²) >= 11 is 0. The van der Waals surface area contributed by atoms with E-state index in [1.54, 1.807) is 0 Å². The number of rotatable bonds is 4. The molecule has 1 fully saturated rings. The average molecular weight is 326 g/mol. The number of nitriles is 1. The van der Waals surface area contributed by atoms with Gasteiger partial charge in [-0.1, -0.05) is 31.4 Å². The van der Waals surface area contributed by atoms with E-state index in [2.05, 4.69) is 11.4 Å². The molecule has 1 N–H and O–H groups in total. The second-order valence-electron chi connectivity index (χ2n) is 5.59. The molecule has 0 aromatic heterocycles. The minimum atomic E-state index is -4.55. The van der Waals surface area contributed by atoms with Crippen LogP contribution in [-0.4, -0.2) is 18.1 Å². The number of nitrogens with zero attached hydrogens (tertiary/aromatic N) is 1. The minimum absolute atomic E-state index is 0.398. The summed E-state index contributed by atoms with van der Waals surface area (Å²) in [5.74, 6) is -0.991. The second-order valence-corrected chi connectivity index (χ2v) is 5.59. The van der Waals surface area contributed by atoms with Gasteiger partial charge in [-0.25, -0.2) is 0 Å². The van der Waals surface area contributed by atoms with E-state index in [9.17, 15) is 23.2 Å². The summed E-state index contributed by atoms with van der Waals surface area (Å²) in [4.78, 5) is 11.9. The molecule has 1 aromatic carbocycles. The number of carbonyl (C=O) groups excluding carboxylic acids is 1. The first kappa shape index (κ1) is 17.1. The third-order valence-corrected chi connectivity index (χ3v) is 3.85. The van der Waals surface area contributed by atoms with E-state index in [0.717, 1.165) is 31.4 Å². The summed E-state index contributed by atoms with van der Waals surface area (Å²) in [5, 5.41) is 11.9. The van der Waals surface area contributed by atoms with Crippen LogP contribution in [0, 0.1) is 11.3 Å². The largest absolute Gasteiger partial charge is 0.483 e. The van der Waals surface area contributed by atoms with Crippen molar-refractivity contribution in [2.24, 2.45) is 0 Å². The number of carbonyl (C=O) groups is 1. The van der Waals surface area contributed by atoms with Gasteiger partial charge < -0.3 is 10.1 Å². The fraction of sp³-hybridized carbons (Fsp3) is 0.500. The normalized spacial score (nSPS) is 17.1. The molecular weight excluding hydrogens is 309 g/mol. The van der Waals surface area contributed by atoms with E-state index >= 15 is 0 Å². The highest BCUT2D eigenvalue weighted by atomic mass is 19.4. The van der Waals surface area contributed by atoms with Crippen LogP contribution in [-0.2, 0) is 11.0 Å². The first-order valence-corrected chi connectivity index (χ1v) is 7.38. The molecule has 0 heterocycles. The maximum atomic E-state index is 12.8. The number of nitrogens with one attached hydrogen (secondary N) is 1. The van der Waals surface area contributed by atoms with Gasteiger partial charge in [0.05, 0.1) is 11.6 Å². The molecule has 23 heavy (non-hydrogen) atoms. The summed E-state index contributed by atoms with van der Waals surface area (Å²) in [5.41, 5.74) is -1.86. The fourth-order valence-corrected chi connectivity index (χ4v) is 2.69. The summed E-state index contributed by atoms with van der Waals surface area (Å²) in [6.45, 7) is -0.559. The number of ether oxygens (including phenoxy) is 1. The van der Waals surface area contributed by atoms with Gasteiger partial charge in [0.2, 0.25) is 0 Å². The molecule has 0 aliphatic heterocycles. The van der Waals surface area contributed by atoms with E-state index < -0.39 is 35.5 Å². The number of hydrogen-bond donors (Lipinski definition) is 1. The van der Waals surface area contributed by atoms with Crippen LogP contribution in [0.3, 0.4) is 0 Å². The van der Waals surface area contributed by atoms with E-state index in [0.29, 0.717) is 12.8 Å². The van der Waals surface area contributed by atoms with Crippen molar-refractivity contribution in [2.75, 3.05) is 6.61 Å². The van der Waals surface area contributed by atoms with Gasteiger partial charge in [-0.05, 0) is 25.0 Å². The number of amides is 1. The van der Waals surface area contributed by atoms with Gasteiger partial charge in [0.15, 0.2) is 6.61 Å². The smallest absolute Gasteiger partial charge is 0.419 e. The second kappa shape index (κ2) is 6.90. The Morgan fingerprint density at radius 3 is 2.52 bits per heavy atom. The fourth-order valence-electron chi connectivity index (χ4n) is 2.69. The zero-order chi connectivity index (χ0) is 16.9. The van der Waals surface area contributed by atoms with Gasteiger partial charge >= 0.3 is 6.18 Å². The Morgan fingerprint density at radius 1 is 1.26 bits per heavy atom. The third kappa shape index (κ3) is 4.38. The molecule has 124 valence electrons. The molecule has 0 spiro atoms. The zero-order valence-corrected chi connectivity index (χ0v) is 12.4. The molecule has 1 aliphatic carbocycles. The molecule has 1 amide bonds. The molecule has 7 heteroatoms. The molecule has 1 saturated carbocycles. The summed E-state index contributed by atoms with van der Waals surface area (Å²) < 4.78 is 43.5. The molecule has 0 saturated heterocycles. The maximum Gasteiger partial charge on any atom is 0.419 e. The van der Waals surface area contributed by atoms with Gasteiger partial charge in [-0.2, -0.15) is 18.4 Å². The standard InChI is InChI=1S/C16H17F3N2O2/c17-16(18,19)12-6-2-3-7-13(12)23-10-14(22)21-15(11-20)8-4-1-5-9-15/h2-3,6-7H,1,4-5,8-10H2,(H,21,22). The number of benzene rings is 1. The Morgan fingerprint density at radius 2 is 1.91 bits per heavy atom. The Kier molecular flexibility index (Phi) is 5.14. The van der Waals surface area contributed by atoms with Crippen LogP contribution in [0.4, 0.5) is 13.2 Å². The molecule has 0 atom stereocenters. The quantitative estimate of drug-likeness (QED) is 0.922. The average Bonchev–Trinajstić information content (AvgIpc) is 2.53. The van der Waals surface area contributed by atoms with Crippen LogP contribution in [0.15, 0.2) is 24.3 Å². The number of hydrogen-bond acceptors (Lipinski definition) is 3. The van der Waals surface area contributed by atoms with E-state index in [4.69, 9.17) is 4.74 Å². The van der Waals surface area contributed by atoms with Gasteiger partial charge in [-0.3, -0.25) is 4.79 Å². The molecule has 4 nitrogen and oxygen atoms in total. The predicted octanol–water partition coefficient (Wildman–Crippen LogP) is 3.43. The molecular formula is C16H17F3N2O2. The lowest BCUT2D eigenvalue weighted by Gasteiger charge is -2.31. The first-order valence-electron chi connectivity index (χ1n) is 7.38. The lowest BCUT2D eigenvalue weighted by atomic mass is 9.83. The Labute approximate surface area is 132 Å². The minimum Gasteiger partial charge on any atom is -0.483 e. The predicted molar refractivity (Wildman–Crippen MR) is 76.5 cm³/mol. The van der Waals surface area contributed by atoms with Crippen molar-refractivity contribution in [1.82, 2.24) is 5.32 Å². The van der Waals surface area contributed by atoms with Crippen LogP contribution in [0.2, 0.25) is 0 Å². The van der Waals surface area contributed by atoms with Crippen molar-refractivity contribution in [2.45, 2.75) is 43.8 Å². The van der Waals surface area contributed by atoms with Crippen molar-refractivity contribution < 1.29 is 22.7 Å². The lowest BCUT2D eigenvalue weighted by molar-refractivity contribution is -0.139. The summed E-state index contributed by atoms with van der Waals surface area (Å²) in [7, 11) is 0. The van der Waals surface area contributed by atoms with Gasteiger partial charge in [0.25, 0.3) is 5.91 Å². The van der Waals surface area contributed by atoms with Crippen LogP contribution >= 0.6 is 0 Å². The van der Waals surface area contributed by atoms with Crippen molar-refractivity contribution >= 4 is 5.91 Å². The molecule has 0 unspecified atom stereocenters. The topological polar surface area (TPSA) is 62.1 Å². The summed E-state index contributed by atoms with van der Waals surface area (Å²) in [6, 6.07) is 6.83. The van der Waals surface area contributed by atoms with Crippen LogP contribution in [0.1, 0.15) is 37.7 Å². The van der Waals surface area contributed by atoms with E-state index in [1.165, 1.54) is 12.1 Å². The Bertz CT molecular complexity index is 602. The highest BCUT2D eigenvalue weighted by Crippen LogP contribution is 2.35. The maximum absolute atomic E-state index is 12.8. The highest BCUT2D eigenvalue weighted by molar-refractivity contribution is 5.79. The van der Waals surface area contributed by atoms with Crippen LogP contribution in [0.25, 0.3) is 0 Å². The molecule has 2 rings (SSSR count). The lowest BCUT2D eigenvalue weighted by Crippen LogP contribution is -2.50. The van der Waals surface area contributed by atoms with Crippen molar-refractivity contribution in [3.63, 3.8) is 0 Å². The number of para-hydroxylation sites is 1. The zero-order valence-electron chi connectivity index (χ0n) is 12.4. The van der Waals surface area contributed by atoms with Crippen LogP contribution in [0.5, 0.6) is 5.75 Å². The van der Waals surface area contributed by atoms with Gasteiger partial charge in [-0.15, -0.1) is 0 Å². The van der Waals surface area contributed by atoms with Gasteiger partial charge in [0, 0.05) is 0 Å². The third-order valence-electron chi connectivity index (χ3n) is 3.85. The van der Waals surface area contributed by atoms with Crippen molar-refractivity contribution in [1.29, 1.82) is 5.26 Å². The van der Waals surface area contributed by atoms with Crippen molar-refractivity contribution in [3.05, 3.63) is 29.8 Å². The Balaban J connectivity index is 1.99. The van der Waals surface area contributed by atoms with Crippen LogP contribution < -0.4 is 10.1 Å². The molecule has 1 aliphatic rings. The SMILES string of the molecule is N#CC1(NC(=O)COc2ccccc2C(F)(F)F)CCCCC1. The van der Waals surface area contributed by atoms with Gasteiger partial charge in [0.1, 0.15) is 11.3 Å². The van der Waals surface area contributed by atoms with Crippen molar-refractivity contribution in [3.8, 4) is 11.8 Å². The molecule has 0 bridgehead atoms. The monoisotopic (exact) mass is 326 g/mol.